The highest BCUT2D eigenvalue weighted by Crippen LogP contribution is 2.18. The van der Waals surface area contributed by atoms with Gasteiger partial charge in [-0.3, -0.25) is 4.79 Å². The van der Waals surface area contributed by atoms with Gasteiger partial charge in [0.25, 0.3) is 0 Å². The molecule has 134 valence electrons. The highest BCUT2D eigenvalue weighted by atomic mass is 16.5. The first-order valence-electron chi connectivity index (χ1n) is 8.70. The van der Waals surface area contributed by atoms with Gasteiger partial charge in [-0.15, -0.1) is 0 Å². The van der Waals surface area contributed by atoms with Crippen LogP contribution in [0.5, 0.6) is 11.5 Å². The third-order valence-electron chi connectivity index (χ3n) is 3.50. The summed E-state index contributed by atoms with van der Waals surface area (Å²) < 4.78 is 11.0. The number of anilines is 2. The van der Waals surface area contributed by atoms with Gasteiger partial charge in [0.05, 0.1) is 19.8 Å². The van der Waals surface area contributed by atoms with Crippen LogP contribution < -0.4 is 20.1 Å². The molecule has 0 saturated heterocycles. The number of hydrogen-bond acceptors (Lipinski definition) is 4. The molecule has 0 spiro atoms. The predicted molar refractivity (Wildman–Crippen MR) is 102 cm³/mol. The molecular weight excluding hydrogens is 316 g/mol. The summed E-state index contributed by atoms with van der Waals surface area (Å²) in [6, 6.07) is 15.0. The maximum Gasteiger partial charge on any atom is 0.243 e. The van der Waals surface area contributed by atoms with Crippen LogP contribution in [0.15, 0.2) is 48.5 Å². The first kappa shape index (κ1) is 18.6. The topological polar surface area (TPSA) is 59.6 Å². The Morgan fingerprint density at radius 1 is 0.960 bits per heavy atom. The molecule has 0 unspecified atom stereocenters. The lowest BCUT2D eigenvalue weighted by atomic mass is 10.3. The molecule has 0 bridgehead atoms. The molecule has 2 aromatic carbocycles. The fourth-order valence-electron chi connectivity index (χ4n) is 2.22. The Bertz CT molecular complexity index is 656. The van der Waals surface area contributed by atoms with Crippen molar-refractivity contribution in [2.45, 2.75) is 26.7 Å². The summed E-state index contributed by atoms with van der Waals surface area (Å²) in [5, 5.41) is 5.96. The molecule has 2 N–H and O–H groups in total. The third-order valence-corrected chi connectivity index (χ3v) is 3.50. The van der Waals surface area contributed by atoms with Gasteiger partial charge in [-0.05, 0) is 49.7 Å². The molecule has 0 aromatic heterocycles. The summed E-state index contributed by atoms with van der Waals surface area (Å²) in [6.45, 7) is 5.58. The highest BCUT2D eigenvalue weighted by Gasteiger charge is 2.04. The smallest absolute Gasteiger partial charge is 0.243 e. The van der Waals surface area contributed by atoms with Crippen LogP contribution in [-0.2, 0) is 4.79 Å². The number of benzene rings is 2. The zero-order valence-corrected chi connectivity index (χ0v) is 14.9. The second-order valence-electron chi connectivity index (χ2n) is 5.59. The Morgan fingerprint density at radius 3 is 2.48 bits per heavy atom. The molecule has 0 atom stereocenters. The SMILES string of the molecule is CCCCOc1cccc(NCC(=O)Nc2ccc(OCC)cc2)c1. The monoisotopic (exact) mass is 342 g/mol. The van der Waals surface area contributed by atoms with Crippen LogP contribution in [0.25, 0.3) is 0 Å². The molecule has 0 aliphatic heterocycles. The van der Waals surface area contributed by atoms with E-state index in [2.05, 4.69) is 17.6 Å². The summed E-state index contributed by atoms with van der Waals surface area (Å²) in [7, 11) is 0. The van der Waals surface area contributed by atoms with E-state index in [0.29, 0.717) is 13.2 Å². The van der Waals surface area contributed by atoms with Crippen molar-refractivity contribution in [3.63, 3.8) is 0 Å². The van der Waals surface area contributed by atoms with Crippen molar-refractivity contribution in [1.82, 2.24) is 0 Å². The van der Waals surface area contributed by atoms with E-state index < -0.39 is 0 Å². The maximum absolute atomic E-state index is 12.1. The molecule has 0 heterocycles. The average Bonchev–Trinajstić information content (AvgIpc) is 2.63. The van der Waals surface area contributed by atoms with Crippen LogP contribution in [0.2, 0.25) is 0 Å². The van der Waals surface area contributed by atoms with Crippen molar-refractivity contribution in [1.29, 1.82) is 0 Å². The van der Waals surface area contributed by atoms with Crippen molar-refractivity contribution in [2.75, 3.05) is 30.4 Å². The van der Waals surface area contributed by atoms with E-state index >= 15 is 0 Å². The normalized spacial score (nSPS) is 10.2. The van der Waals surface area contributed by atoms with Gasteiger partial charge in [0, 0.05) is 17.4 Å². The lowest BCUT2D eigenvalue weighted by Crippen LogP contribution is -2.21. The molecule has 5 nitrogen and oxygen atoms in total. The highest BCUT2D eigenvalue weighted by molar-refractivity contribution is 5.93. The number of hydrogen-bond donors (Lipinski definition) is 2. The van der Waals surface area contributed by atoms with Gasteiger partial charge < -0.3 is 20.1 Å². The fraction of sp³-hybridized carbons (Fsp3) is 0.350. The van der Waals surface area contributed by atoms with Gasteiger partial charge in [0.15, 0.2) is 0 Å². The Morgan fingerprint density at radius 2 is 1.76 bits per heavy atom. The summed E-state index contributed by atoms with van der Waals surface area (Å²) in [6.07, 6.45) is 2.13. The number of amides is 1. The fourth-order valence-corrected chi connectivity index (χ4v) is 2.22. The van der Waals surface area contributed by atoms with Crippen LogP contribution in [0.1, 0.15) is 26.7 Å². The second-order valence-corrected chi connectivity index (χ2v) is 5.59. The van der Waals surface area contributed by atoms with Crippen LogP contribution in [0, 0.1) is 0 Å². The van der Waals surface area contributed by atoms with Crippen LogP contribution in [-0.4, -0.2) is 25.7 Å². The first-order valence-corrected chi connectivity index (χ1v) is 8.70. The van der Waals surface area contributed by atoms with Gasteiger partial charge in [0.1, 0.15) is 11.5 Å². The Kier molecular flexibility index (Phi) is 7.63. The predicted octanol–water partition coefficient (Wildman–Crippen LogP) is 4.31. The van der Waals surface area contributed by atoms with Crippen LogP contribution >= 0.6 is 0 Å². The van der Waals surface area contributed by atoms with E-state index in [1.54, 1.807) is 0 Å². The van der Waals surface area contributed by atoms with Crippen molar-refractivity contribution in [3.05, 3.63) is 48.5 Å². The number of rotatable bonds is 10. The van der Waals surface area contributed by atoms with E-state index in [1.807, 2.05) is 55.5 Å². The summed E-state index contributed by atoms with van der Waals surface area (Å²) >= 11 is 0. The lowest BCUT2D eigenvalue weighted by Gasteiger charge is -2.10. The van der Waals surface area contributed by atoms with Crippen molar-refractivity contribution in [2.24, 2.45) is 0 Å². The molecule has 0 radical (unpaired) electrons. The zero-order chi connectivity index (χ0) is 17.9. The third kappa shape index (κ3) is 6.75. The number of nitrogens with one attached hydrogen (secondary N) is 2. The Hall–Kier alpha value is -2.69. The minimum atomic E-state index is -0.110. The molecule has 0 aliphatic rings. The molecule has 2 rings (SSSR count). The zero-order valence-electron chi connectivity index (χ0n) is 14.9. The summed E-state index contributed by atoms with van der Waals surface area (Å²) in [5.41, 5.74) is 1.60. The van der Waals surface area contributed by atoms with E-state index in [4.69, 9.17) is 9.47 Å². The quantitative estimate of drug-likeness (QED) is 0.632. The molecule has 5 heteroatoms. The lowest BCUT2D eigenvalue weighted by molar-refractivity contribution is -0.114. The maximum atomic E-state index is 12.1. The Labute approximate surface area is 149 Å². The minimum absolute atomic E-state index is 0.110. The summed E-state index contributed by atoms with van der Waals surface area (Å²) in [4.78, 5) is 12.1. The number of carbonyl (C=O) groups excluding carboxylic acids is 1. The molecule has 1 amide bonds. The van der Waals surface area contributed by atoms with Gasteiger partial charge in [0.2, 0.25) is 5.91 Å². The first-order chi connectivity index (χ1) is 12.2. The van der Waals surface area contributed by atoms with Crippen LogP contribution in [0.3, 0.4) is 0 Å². The number of unbranched alkanes of at least 4 members (excludes halogenated alkanes) is 1. The molecule has 0 saturated carbocycles. The summed E-state index contributed by atoms with van der Waals surface area (Å²) in [5.74, 6) is 1.49. The molecule has 2 aromatic rings. The van der Waals surface area contributed by atoms with Gasteiger partial charge >= 0.3 is 0 Å². The van der Waals surface area contributed by atoms with Crippen molar-refractivity contribution in [3.8, 4) is 11.5 Å². The van der Waals surface area contributed by atoms with E-state index in [9.17, 15) is 4.79 Å². The van der Waals surface area contributed by atoms with Crippen LogP contribution in [0.4, 0.5) is 11.4 Å². The number of carbonyl (C=O) groups is 1. The molecular formula is C20H26N2O3. The Balaban J connectivity index is 1.80. The van der Waals surface area contributed by atoms with Crippen molar-refractivity contribution >= 4 is 17.3 Å². The van der Waals surface area contributed by atoms with Gasteiger partial charge in [-0.2, -0.15) is 0 Å². The van der Waals surface area contributed by atoms with Crippen molar-refractivity contribution < 1.29 is 14.3 Å². The van der Waals surface area contributed by atoms with E-state index in [-0.39, 0.29) is 12.5 Å². The average molecular weight is 342 g/mol. The van der Waals surface area contributed by atoms with E-state index in [1.165, 1.54) is 0 Å². The van der Waals surface area contributed by atoms with E-state index in [0.717, 1.165) is 35.7 Å². The van der Waals surface area contributed by atoms with Gasteiger partial charge in [-0.1, -0.05) is 19.4 Å². The molecule has 0 fully saturated rings. The minimum Gasteiger partial charge on any atom is -0.494 e. The second kappa shape index (κ2) is 10.2. The van der Waals surface area contributed by atoms with Gasteiger partial charge in [-0.25, -0.2) is 0 Å². The molecule has 0 aliphatic carbocycles. The largest absolute Gasteiger partial charge is 0.494 e. The number of ether oxygens (including phenoxy) is 2. The molecule has 25 heavy (non-hydrogen) atoms. The standard InChI is InChI=1S/C20H26N2O3/c1-3-5-13-25-19-8-6-7-17(14-19)21-15-20(23)22-16-9-11-18(12-10-16)24-4-2/h6-12,14,21H,3-5,13,15H2,1-2H3,(H,22,23).